The van der Waals surface area contributed by atoms with E-state index in [1.807, 2.05) is 0 Å². The van der Waals surface area contributed by atoms with Gasteiger partial charge in [-0.2, -0.15) is 8.42 Å². The van der Waals surface area contributed by atoms with Crippen molar-refractivity contribution in [2.75, 3.05) is 5.75 Å². The largest absolute Gasteiger partial charge is 0.387 e. The fraction of sp³-hybridized carbons (Fsp3) is 0.806. The van der Waals surface area contributed by atoms with Gasteiger partial charge >= 0.3 is 0 Å². The average molecular weight is 642 g/mol. The summed E-state index contributed by atoms with van der Waals surface area (Å²) in [6, 6.07) is -1.25. The minimum atomic E-state index is -4.44. The molecule has 0 saturated carbocycles. The summed E-state index contributed by atoms with van der Waals surface area (Å²) in [6.45, 7) is 4.44. The van der Waals surface area contributed by atoms with Gasteiger partial charge in [-0.05, 0) is 44.9 Å². The highest BCUT2D eigenvalue weighted by Gasteiger charge is 2.27. The van der Waals surface area contributed by atoms with Crippen LogP contribution in [0.3, 0.4) is 0 Å². The predicted octanol–water partition coefficient (Wildman–Crippen LogP) is 8.76. The van der Waals surface area contributed by atoms with E-state index in [1.165, 1.54) is 89.5 Å². The molecular formula is C36H67NO6S. The molecule has 0 radical (unpaired) electrons. The van der Waals surface area contributed by atoms with E-state index in [-0.39, 0.29) is 6.42 Å². The number of unbranched alkanes of at least 4 members (excludes halogenated alkanes) is 18. The molecule has 0 spiro atoms. The summed E-state index contributed by atoms with van der Waals surface area (Å²) in [6.07, 6.45) is 35.1. The zero-order chi connectivity index (χ0) is 32.7. The molecule has 0 bridgehead atoms. The number of aliphatic hydroxyl groups is 2. The van der Waals surface area contributed by atoms with E-state index < -0.39 is 40.0 Å². The first-order valence-electron chi connectivity index (χ1n) is 17.8. The number of carbonyl (C=O) groups excluding carboxylic acids is 1. The van der Waals surface area contributed by atoms with Crippen molar-refractivity contribution in [1.29, 1.82) is 0 Å². The summed E-state index contributed by atoms with van der Waals surface area (Å²) in [4.78, 5) is 12.4. The molecule has 3 atom stereocenters. The Hall–Kier alpha value is -1.48. The molecule has 0 fully saturated rings. The van der Waals surface area contributed by atoms with Crippen molar-refractivity contribution < 1.29 is 28.0 Å². The van der Waals surface area contributed by atoms with E-state index in [9.17, 15) is 28.0 Å². The van der Waals surface area contributed by atoms with Crippen LogP contribution in [0.5, 0.6) is 0 Å². The summed E-state index contributed by atoms with van der Waals surface area (Å²) in [5.41, 5.74) is 0. The van der Waals surface area contributed by atoms with Gasteiger partial charge in [0.15, 0.2) is 0 Å². The maximum atomic E-state index is 12.4. The van der Waals surface area contributed by atoms with Crippen molar-refractivity contribution in [1.82, 2.24) is 5.32 Å². The molecule has 0 aliphatic heterocycles. The second-order valence-corrected chi connectivity index (χ2v) is 13.8. The van der Waals surface area contributed by atoms with Crippen LogP contribution in [0.2, 0.25) is 0 Å². The first-order chi connectivity index (χ1) is 21.2. The lowest BCUT2D eigenvalue weighted by molar-refractivity contribution is -0.130. The van der Waals surface area contributed by atoms with Crippen LogP contribution < -0.4 is 5.32 Å². The fourth-order valence-electron chi connectivity index (χ4n) is 5.13. The molecule has 8 heteroatoms. The van der Waals surface area contributed by atoms with Gasteiger partial charge in [0.05, 0.1) is 17.9 Å². The highest BCUT2D eigenvalue weighted by atomic mass is 32.2. The first-order valence-corrected chi connectivity index (χ1v) is 19.4. The van der Waals surface area contributed by atoms with E-state index in [4.69, 9.17) is 0 Å². The Morgan fingerprint density at radius 3 is 1.50 bits per heavy atom. The van der Waals surface area contributed by atoms with Crippen LogP contribution in [0.15, 0.2) is 36.5 Å². The molecule has 0 saturated heterocycles. The topological polar surface area (TPSA) is 124 Å². The van der Waals surface area contributed by atoms with E-state index in [1.54, 1.807) is 6.08 Å². The van der Waals surface area contributed by atoms with Gasteiger partial charge in [-0.3, -0.25) is 9.35 Å². The van der Waals surface area contributed by atoms with Crippen LogP contribution in [0, 0.1) is 0 Å². The minimum absolute atomic E-state index is 0.271. The van der Waals surface area contributed by atoms with Crippen molar-refractivity contribution >= 4 is 16.0 Å². The molecule has 44 heavy (non-hydrogen) atoms. The van der Waals surface area contributed by atoms with Gasteiger partial charge in [-0.1, -0.05) is 153 Å². The molecule has 1 amide bonds. The van der Waals surface area contributed by atoms with Gasteiger partial charge in [0.2, 0.25) is 5.91 Å². The highest BCUT2D eigenvalue weighted by Crippen LogP contribution is 2.13. The lowest BCUT2D eigenvalue weighted by Crippen LogP contribution is -2.50. The Morgan fingerprint density at radius 1 is 0.614 bits per heavy atom. The molecule has 7 nitrogen and oxygen atoms in total. The minimum Gasteiger partial charge on any atom is -0.387 e. The fourth-order valence-corrected chi connectivity index (χ4v) is 5.87. The number of allylic oxidation sites excluding steroid dienone is 5. The highest BCUT2D eigenvalue weighted by molar-refractivity contribution is 7.85. The van der Waals surface area contributed by atoms with Crippen molar-refractivity contribution in [2.45, 2.75) is 180 Å². The second-order valence-electron chi connectivity index (χ2n) is 12.3. The molecule has 0 aromatic heterocycles. The van der Waals surface area contributed by atoms with Crippen LogP contribution in [0.4, 0.5) is 0 Å². The normalized spacial score (nSPS) is 14.6. The van der Waals surface area contributed by atoms with Crippen molar-refractivity contribution in [3.63, 3.8) is 0 Å². The van der Waals surface area contributed by atoms with Crippen molar-refractivity contribution in [3.8, 4) is 0 Å². The number of carbonyl (C=O) groups is 1. The smallest absolute Gasteiger partial charge is 0.267 e. The summed E-state index contributed by atoms with van der Waals surface area (Å²) >= 11 is 0. The van der Waals surface area contributed by atoms with Crippen LogP contribution >= 0.6 is 0 Å². The number of amides is 1. The van der Waals surface area contributed by atoms with Crippen molar-refractivity contribution in [2.24, 2.45) is 0 Å². The Morgan fingerprint density at radius 2 is 1.02 bits per heavy atom. The molecule has 0 rings (SSSR count). The molecule has 258 valence electrons. The molecule has 3 unspecified atom stereocenters. The van der Waals surface area contributed by atoms with Gasteiger partial charge in [0.1, 0.15) is 6.10 Å². The third kappa shape index (κ3) is 29.2. The van der Waals surface area contributed by atoms with Gasteiger partial charge in [-0.15, -0.1) is 0 Å². The average Bonchev–Trinajstić information content (AvgIpc) is 2.98. The SMILES string of the molecule is CCCCCCCCCCC/C=C/CC/C=C/CC/C=C/C(O)C(CS(=O)(=O)O)NC(=O)C(O)CCCCCCCCCC. The standard InChI is InChI=1S/C36H67NO6S/c1-3-5-7-9-11-13-14-15-16-17-18-19-20-21-22-23-25-26-28-30-34(38)33(32-44(41,42)43)37-36(40)35(39)31-29-27-24-12-10-8-6-4-2/h18-19,22-23,28,30,33-35,38-39H,3-17,20-21,24-27,29,31-32H2,1-2H3,(H,37,40)(H,41,42,43)/b19-18+,23-22+,30-28+. The summed E-state index contributed by atoms with van der Waals surface area (Å²) in [5.74, 6) is -1.57. The summed E-state index contributed by atoms with van der Waals surface area (Å²) in [7, 11) is -4.44. The lowest BCUT2D eigenvalue weighted by atomic mass is 10.0. The zero-order valence-electron chi connectivity index (χ0n) is 28.1. The zero-order valence-corrected chi connectivity index (χ0v) is 29.0. The summed E-state index contributed by atoms with van der Waals surface area (Å²) in [5, 5.41) is 23.1. The number of hydrogen-bond acceptors (Lipinski definition) is 5. The maximum absolute atomic E-state index is 12.4. The molecule has 0 aromatic rings. The number of hydrogen-bond donors (Lipinski definition) is 4. The quantitative estimate of drug-likeness (QED) is 0.0341. The second kappa shape index (κ2) is 30.2. The Bertz CT molecular complexity index is 855. The van der Waals surface area contributed by atoms with Crippen LogP contribution in [-0.4, -0.2) is 53.1 Å². The Kier molecular flexibility index (Phi) is 29.2. The monoisotopic (exact) mass is 641 g/mol. The van der Waals surface area contributed by atoms with E-state index in [2.05, 4.69) is 43.5 Å². The third-order valence-electron chi connectivity index (χ3n) is 7.90. The number of aliphatic hydroxyl groups excluding tert-OH is 2. The van der Waals surface area contributed by atoms with E-state index >= 15 is 0 Å². The number of rotatable bonds is 31. The predicted molar refractivity (Wildman–Crippen MR) is 185 cm³/mol. The summed E-state index contributed by atoms with van der Waals surface area (Å²) < 4.78 is 32.3. The van der Waals surface area contributed by atoms with Gasteiger partial charge in [-0.25, -0.2) is 0 Å². The maximum Gasteiger partial charge on any atom is 0.267 e. The van der Waals surface area contributed by atoms with Crippen LogP contribution in [0.1, 0.15) is 162 Å². The van der Waals surface area contributed by atoms with Gasteiger partial charge < -0.3 is 15.5 Å². The van der Waals surface area contributed by atoms with E-state index in [0.717, 1.165) is 44.9 Å². The Labute approximate surface area is 270 Å². The lowest BCUT2D eigenvalue weighted by Gasteiger charge is -2.22. The molecule has 0 aromatic carbocycles. The van der Waals surface area contributed by atoms with Crippen LogP contribution in [0.25, 0.3) is 0 Å². The Balaban J connectivity index is 4.18. The van der Waals surface area contributed by atoms with Gasteiger partial charge in [0.25, 0.3) is 10.1 Å². The molecule has 0 heterocycles. The first kappa shape index (κ1) is 42.5. The van der Waals surface area contributed by atoms with Crippen LogP contribution in [-0.2, 0) is 14.9 Å². The molecular weight excluding hydrogens is 574 g/mol. The van der Waals surface area contributed by atoms with Gasteiger partial charge in [0, 0.05) is 0 Å². The van der Waals surface area contributed by atoms with E-state index in [0.29, 0.717) is 12.8 Å². The van der Waals surface area contributed by atoms with Crippen molar-refractivity contribution in [3.05, 3.63) is 36.5 Å². The number of nitrogens with one attached hydrogen (secondary N) is 1. The molecule has 0 aliphatic carbocycles. The third-order valence-corrected chi connectivity index (χ3v) is 8.69. The molecule has 4 N–H and O–H groups in total. The molecule has 0 aliphatic rings.